The van der Waals surface area contributed by atoms with Gasteiger partial charge in [-0.1, -0.05) is 30.3 Å². The summed E-state index contributed by atoms with van der Waals surface area (Å²) in [5.74, 6) is -0.406. The Balaban J connectivity index is 1.90. The first-order chi connectivity index (χ1) is 14.4. The van der Waals surface area contributed by atoms with Crippen LogP contribution in [0.4, 0.5) is 0 Å². The van der Waals surface area contributed by atoms with Crippen molar-refractivity contribution in [1.82, 2.24) is 9.71 Å². The summed E-state index contributed by atoms with van der Waals surface area (Å²) < 4.78 is 38.7. The fourth-order valence-corrected chi connectivity index (χ4v) is 4.01. The van der Waals surface area contributed by atoms with E-state index in [4.69, 9.17) is 9.47 Å². The largest absolute Gasteiger partial charge is 0.497 e. The molecule has 0 aliphatic carbocycles. The van der Waals surface area contributed by atoms with E-state index in [2.05, 4.69) is 9.71 Å². The van der Waals surface area contributed by atoms with E-state index in [9.17, 15) is 13.2 Å². The fourth-order valence-electron chi connectivity index (χ4n) is 2.79. The molecular formula is C22H22N2O5S. The van der Waals surface area contributed by atoms with Gasteiger partial charge in [-0.2, -0.15) is 0 Å². The van der Waals surface area contributed by atoms with Gasteiger partial charge in [0.1, 0.15) is 5.75 Å². The van der Waals surface area contributed by atoms with Crippen molar-refractivity contribution in [2.75, 3.05) is 13.7 Å². The molecule has 1 N–H and O–H groups in total. The van der Waals surface area contributed by atoms with Crippen LogP contribution < -0.4 is 9.46 Å². The van der Waals surface area contributed by atoms with E-state index in [-0.39, 0.29) is 10.5 Å². The average molecular weight is 426 g/mol. The van der Waals surface area contributed by atoms with Crippen LogP contribution in [0.5, 0.6) is 5.75 Å². The molecule has 0 saturated heterocycles. The van der Waals surface area contributed by atoms with E-state index in [1.54, 1.807) is 30.3 Å². The zero-order valence-electron chi connectivity index (χ0n) is 16.7. The number of aromatic nitrogens is 1. The summed E-state index contributed by atoms with van der Waals surface area (Å²) in [4.78, 5) is 16.6. The first kappa shape index (κ1) is 21.5. The van der Waals surface area contributed by atoms with Gasteiger partial charge in [-0.3, -0.25) is 9.78 Å². The molecule has 0 spiro atoms. The topological polar surface area (TPSA) is 94.6 Å². The number of pyridine rings is 1. The minimum Gasteiger partial charge on any atom is -0.497 e. The minimum atomic E-state index is -4.18. The maximum absolute atomic E-state index is 13.1. The van der Waals surface area contributed by atoms with Crippen molar-refractivity contribution in [1.29, 1.82) is 0 Å². The van der Waals surface area contributed by atoms with Gasteiger partial charge in [0.25, 0.3) is 15.9 Å². The number of nitrogens with zero attached hydrogens (tertiary/aromatic N) is 1. The van der Waals surface area contributed by atoms with Crippen LogP contribution in [0.1, 0.15) is 23.0 Å². The second kappa shape index (κ2) is 9.51. The van der Waals surface area contributed by atoms with Gasteiger partial charge in [-0.15, -0.1) is 0 Å². The van der Waals surface area contributed by atoms with Crippen LogP contribution in [0.25, 0.3) is 11.1 Å². The Kier molecular flexibility index (Phi) is 6.81. The molecule has 0 fully saturated rings. The molecule has 0 atom stereocenters. The molecule has 156 valence electrons. The number of methoxy groups -OCH3 is 1. The van der Waals surface area contributed by atoms with Crippen LogP contribution >= 0.6 is 0 Å². The molecule has 7 nitrogen and oxygen atoms in total. The van der Waals surface area contributed by atoms with Crippen LogP contribution in [0.15, 0.2) is 71.8 Å². The van der Waals surface area contributed by atoms with Crippen molar-refractivity contribution in [2.45, 2.75) is 18.4 Å². The lowest BCUT2D eigenvalue weighted by Crippen LogP contribution is -2.31. The van der Waals surface area contributed by atoms with Crippen molar-refractivity contribution in [3.63, 3.8) is 0 Å². The zero-order valence-corrected chi connectivity index (χ0v) is 17.5. The number of hydrogen-bond donors (Lipinski definition) is 1. The number of rotatable bonds is 8. The monoisotopic (exact) mass is 426 g/mol. The third kappa shape index (κ3) is 5.03. The van der Waals surface area contributed by atoms with Crippen LogP contribution in [-0.2, 0) is 21.4 Å². The van der Waals surface area contributed by atoms with Crippen molar-refractivity contribution < 1.29 is 22.7 Å². The molecule has 0 unspecified atom stereocenters. The predicted molar refractivity (Wildman–Crippen MR) is 113 cm³/mol. The van der Waals surface area contributed by atoms with Crippen molar-refractivity contribution in [2.24, 2.45) is 0 Å². The van der Waals surface area contributed by atoms with Crippen molar-refractivity contribution >= 4 is 15.9 Å². The minimum absolute atomic E-state index is 0.0534. The van der Waals surface area contributed by atoms with Gasteiger partial charge in [-0.25, -0.2) is 13.1 Å². The molecule has 3 aromatic rings. The third-order valence-electron chi connectivity index (χ3n) is 4.33. The predicted octanol–water partition coefficient (Wildman–Crippen LogP) is 3.41. The summed E-state index contributed by atoms with van der Waals surface area (Å²) in [5, 5.41) is 0. The van der Waals surface area contributed by atoms with Crippen molar-refractivity contribution in [3.05, 3.63) is 78.1 Å². The van der Waals surface area contributed by atoms with E-state index in [1.165, 1.54) is 25.4 Å². The summed E-state index contributed by atoms with van der Waals surface area (Å²) in [6.45, 7) is 2.74. The molecule has 0 radical (unpaired) electrons. The number of nitrogens with one attached hydrogen (secondary N) is 1. The highest BCUT2D eigenvalue weighted by Crippen LogP contribution is 2.30. The molecule has 1 aromatic heterocycles. The summed E-state index contributed by atoms with van der Waals surface area (Å²) in [6.07, 6.45) is 1.32. The summed E-state index contributed by atoms with van der Waals surface area (Å²) >= 11 is 0. The zero-order chi connectivity index (χ0) is 21.6. The lowest BCUT2D eigenvalue weighted by molar-refractivity contribution is 0.0980. The molecule has 8 heteroatoms. The average Bonchev–Trinajstić information content (AvgIpc) is 2.78. The molecule has 1 heterocycles. The Labute approximate surface area is 175 Å². The molecule has 30 heavy (non-hydrogen) atoms. The maximum atomic E-state index is 13.1. The third-order valence-corrected chi connectivity index (χ3v) is 5.70. The summed E-state index contributed by atoms with van der Waals surface area (Å²) in [5.41, 5.74) is 1.94. The maximum Gasteiger partial charge on any atom is 0.266 e. The molecule has 0 aliphatic heterocycles. The molecule has 0 saturated carbocycles. The number of amides is 1. The van der Waals surface area contributed by atoms with E-state index >= 15 is 0 Å². The Bertz CT molecular complexity index is 1110. The molecule has 1 amide bonds. The normalized spacial score (nSPS) is 11.1. The quantitative estimate of drug-likeness (QED) is 0.593. The Morgan fingerprint density at radius 1 is 1.07 bits per heavy atom. The molecule has 2 aromatic carbocycles. The number of benzene rings is 2. The van der Waals surface area contributed by atoms with Gasteiger partial charge >= 0.3 is 0 Å². The molecular weight excluding hydrogens is 404 g/mol. The number of hydrogen-bond acceptors (Lipinski definition) is 6. The van der Waals surface area contributed by atoms with Gasteiger partial charge in [-0.05, 0) is 36.8 Å². The number of ether oxygens (including phenoxy) is 2. The Morgan fingerprint density at radius 2 is 1.83 bits per heavy atom. The molecule has 0 aliphatic rings. The standard InChI is InChI=1S/C22H22N2O5S/c1-3-29-15-18-10-9-17(14-23-18)22(25)24-30(26,27)21-13-19(28-2)11-12-20(21)16-7-5-4-6-8-16/h4-14H,3,15H2,1-2H3,(H,24,25). The first-order valence-corrected chi connectivity index (χ1v) is 10.8. The van der Waals surface area contributed by atoms with Gasteiger partial charge in [0.15, 0.2) is 0 Å². The first-order valence-electron chi connectivity index (χ1n) is 9.28. The smallest absolute Gasteiger partial charge is 0.266 e. The highest BCUT2D eigenvalue weighted by molar-refractivity contribution is 7.90. The molecule has 3 rings (SSSR count). The number of sulfonamides is 1. The second-order valence-electron chi connectivity index (χ2n) is 6.34. The number of carbonyl (C=O) groups is 1. The van der Waals surface area contributed by atoms with Crippen LogP contribution in [0.2, 0.25) is 0 Å². The van der Waals surface area contributed by atoms with E-state index in [1.807, 2.05) is 25.1 Å². The van der Waals surface area contributed by atoms with Crippen LogP contribution in [0, 0.1) is 0 Å². The van der Waals surface area contributed by atoms with Crippen molar-refractivity contribution in [3.8, 4) is 16.9 Å². The Hall–Kier alpha value is -3.23. The highest BCUT2D eigenvalue weighted by atomic mass is 32.2. The van der Waals surface area contributed by atoms with Gasteiger partial charge in [0.05, 0.1) is 29.9 Å². The van der Waals surface area contributed by atoms with E-state index in [0.717, 1.165) is 0 Å². The lowest BCUT2D eigenvalue weighted by Gasteiger charge is -2.13. The van der Waals surface area contributed by atoms with Crippen LogP contribution in [-0.4, -0.2) is 33.0 Å². The van der Waals surface area contributed by atoms with E-state index in [0.29, 0.717) is 35.8 Å². The lowest BCUT2D eigenvalue weighted by atomic mass is 10.1. The SMILES string of the molecule is CCOCc1ccc(C(=O)NS(=O)(=O)c2cc(OC)ccc2-c2ccccc2)cn1. The summed E-state index contributed by atoms with van der Waals surface area (Å²) in [7, 11) is -2.73. The molecule has 0 bridgehead atoms. The Morgan fingerprint density at radius 3 is 2.47 bits per heavy atom. The fraction of sp³-hybridized carbons (Fsp3) is 0.182. The highest BCUT2D eigenvalue weighted by Gasteiger charge is 2.24. The second-order valence-corrected chi connectivity index (χ2v) is 7.99. The van der Waals surface area contributed by atoms with E-state index < -0.39 is 15.9 Å². The number of carbonyl (C=O) groups excluding carboxylic acids is 1. The summed E-state index contributed by atoms with van der Waals surface area (Å²) in [6, 6.07) is 16.9. The van der Waals surface area contributed by atoms with Gasteiger partial charge in [0.2, 0.25) is 0 Å². The van der Waals surface area contributed by atoms with Gasteiger partial charge in [0, 0.05) is 24.4 Å². The van der Waals surface area contributed by atoms with Crippen LogP contribution in [0.3, 0.4) is 0 Å². The van der Waals surface area contributed by atoms with Gasteiger partial charge < -0.3 is 9.47 Å².